The van der Waals surface area contributed by atoms with E-state index in [0.717, 1.165) is 25.9 Å². The van der Waals surface area contributed by atoms with E-state index in [2.05, 4.69) is 4.90 Å². The summed E-state index contributed by atoms with van der Waals surface area (Å²) < 4.78 is 5.09. The number of benzene rings is 1. The monoisotopic (exact) mass is 274 g/mol. The molecule has 1 aromatic carbocycles. The van der Waals surface area contributed by atoms with Crippen LogP contribution in [0.2, 0.25) is 0 Å². The maximum Gasteiger partial charge on any atom is 0.251 e. The van der Waals surface area contributed by atoms with Gasteiger partial charge in [-0.2, -0.15) is 0 Å². The van der Waals surface area contributed by atoms with E-state index in [1.54, 1.807) is 31.4 Å². The lowest BCUT2D eigenvalue weighted by molar-refractivity contribution is -0.122. The zero-order chi connectivity index (χ0) is 14.1. The molecule has 0 unspecified atom stereocenters. The predicted octanol–water partition coefficient (Wildman–Crippen LogP) is 1.42. The molecule has 1 aromatic rings. The Labute approximate surface area is 118 Å². The molecular weight excluding hydrogens is 256 g/mol. The van der Waals surface area contributed by atoms with E-state index in [1.165, 1.54) is 4.90 Å². The van der Waals surface area contributed by atoms with Gasteiger partial charge in [0.1, 0.15) is 5.75 Å². The topological polar surface area (TPSA) is 49.9 Å². The highest BCUT2D eigenvalue weighted by Gasteiger charge is 2.43. The minimum Gasteiger partial charge on any atom is -0.497 e. The van der Waals surface area contributed by atoms with Crippen molar-refractivity contribution >= 4 is 17.5 Å². The number of methoxy groups -OCH3 is 1. The number of amides is 2. The summed E-state index contributed by atoms with van der Waals surface area (Å²) in [5.74, 6) is 0.503. The molecule has 0 N–H and O–H groups in total. The SMILES string of the molecule is COc1ccc(N2C(=O)C[C@@H](N3CCCC3)C2=O)cc1. The summed E-state index contributed by atoms with van der Waals surface area (Å²) in [4.78, 5) is 28.1. The van der Waals surface area contributed by atoms with Crippen molar-refractivity contribution < 1.29 is 14.3 Å². The molecule has 20 heavy (non-hydrogen) atoms. The van der Waals surface area contributed by atoms with Crippen LogP contribution in [0.4, 0.5) is 5.69 Å². The van der Waals surface area contributed by atoms with Crippen molar-refractivity contribution in [1.29, 1.82) is 0 Å². The number of imide groups is 1. The number of ether oxygens (including phenoxy) is 1. The fourth-order valence-electron chi connectivity index (χ4n) is 2.96. The molecule has 0 radical (unpaired) electrons. The molecule has 0 saturated carbocycles. The van der Waals surface area contributed by atoms with Crippen LogP contribution in [0.1, 0.15) is 19.3 Å². The second kappa shape index (κ2) is 5.25. The molecule has 0 aliphatic carbocycles. The van der Waals surface area contributed by atoms with Crippen LogP contribution in [0.5, 0.6) is 5.75 Å². The normalized spacial score (nSPS) is 23.6. The minimum absolute atomic E-state index is 0.0953. The fourth-order valence-corrected chi connectivity index (χ4v) is 2.96. The first-order valence-corrected chi connectivity index (χ1v) is 6.95. The quantitative estimate of drug-likeness (QED) is 0.782. The van der Waals surface area contributed by atoms with Crippen LogP contribution in [0.3, 0.4) is 0 Å². The highest BCUT2D eigenvalue weighted by atomic mass is 16.5. The summed E-state index contributed by atoms with van der Waals surface area (Å²) in [5.41, 5.74) is 0.627. The largest absolute Gasteiger partial charge is 0.497 e. The molecule has 2 amide bonds. The van der Waals surface area contributed by atoms with Crippen molar-refractivity contribution in [2.24, 2.45) is 0 Å². The summed E-state index contributed by atoms with van der Waals surface area (Å²) in [5, 5.41) is 0. The number of rotatable bonds is 3. The summed E-state index contributed by atoms with van der Waals surface area (Å²) in [6.45, 7) is 1.83. The van der Waals surface area contributed by atoms with Crippen molar-refractivity contribution in [3.05, 3.63) is 24.3 Å². The molecular formula is C15H18N2O3. The average molecular weight is 274 g/mol. The fraction of sp³-hybridized carbons (Fsp3) is 0.467. The van der Waals surface area contributed by atoms with E-state index in [1.807, 2.05) is 0 Å². The Hall–Kier alpha value is -1.88. The van der Waals surface area contributed by atoms with Crippen LogP contribution in [-0.4, -0.2) is 43.0 Å². The molecule has 0 bridgehead atoms. The molecule has 2 saturated heterocycles. The number of likely N-dealkylation sites (tertiary alicyclic amines) is 1. The first-order chi connectivity index (χ1) is 9.70. The number of hydrogen-bond acceptors (Lipinski definition) is 4. The van der Waals surface area contributed by atoms with Gasteiger partial charge in [0.25, 0.3) is 5.91 Å². The molecule has 106 valence electrons. The van der Waals surface area contributed by atoms with E-state index in [0.29, 0.717) is 17.9 Å². The van der Waals surface area contributed by atoms with Crippen LogP contribution >= 0.6 is 0 Å². The Morgan fingerprint density at radius 3 is 2.35 bits per heavy atom. The highest BCUT2D eigenvalue weighted by Crippen LogP contribution is 2.28. The van der Waals surface area contributed by atoms with E-state index in [4.69, 9.17) is 4.74 Å². The van der Waals surface area contributed by atoms with Crippen molar-refractivity contribution in [3.63, 3.8) is 0 Å². The summed E-state index contributed by atoms with van der Waals surface area (Å²) in [6.07, 6.45) is 2.52. The second-order valence-corrected chi connectivity index (χ2v) is 5.23. The molecule has 0 aromatic heterocycles. The Morgan fingerprint density at radius 1 is 1.10 bits per heavy atom. The van der Waals surface area contributed by atoms with Gasteiger partial charge in [-0.3, -0.25) is 14.5 Å². The van der Waals surface area contributed by atoms with Gasteiger partial charge in [-0.15, -0.1) is 0 Å². The average Bonchev–Trinajstić information content (AvgIpc) is 3.07. The first kappa shape index (κ1) is 13.1. The number of carbonyl (C=O) groups is 2. The lowest BCUT2D eigenvalue weighted by atomic mass is 10.2. The van der Waals surface area contributed by atoms with Crippen molar-refractivity contribution in [3.8, 4) is 5.75 Å². The third kappa shape index (κ3) is 2.18. The van der Waals surface area contributed by atoms with E-state index < -0.39 is 0 Å². The van der Waals surface area contributed by atoms with E-state index >= 15 is 0 Å². The molecule has 2 aliphatic heterocycles. The van der Waals surface area contributed by atoms with Crippen molar-refractivity contribution in [2.45, 2.75) is 25.3 Å². The molecule has 2 heterocycles. The number of anilines is 1. The van der Waals surface area contributed by atoms with Gasteiger partial charge < -0.3 is 4.74 Å². The smallest absolute Gasteiger partial charge is 0.251 e. The maximum atomic E-state index is 12.5. The van der Waals surface area contributed by atoms with Crippen LogP contribution in [0.15, 0.2) is 24.3 Å². The summed E-state index contributed by atoms with van der Waals surface area (Å²) in [6, 6.07) is 6.76. The predicted molar refractivity (Wildman–Crippen MR) is 74.7 cm³/mol. The summed E-state index contributed by atoms with van der Waals surface area (Å²) in [7, 11) is 1.59. The van der Waals surface area contributed by atoms with Gasteiger partial charge in [0.15, 0.2) is 0 Å². The Bertz CT molecular complexity index is 520. The summed E-state index contributed by atoms with van der Waals surface area (Å²) >= 11 is 0. The zero-order valence-corrected chi connectivity index (χ0v) is 11.5. The van der Waals surface area contributed by atoms with Gasteiger partial charge in [0, 0.05) is 0 Å². The van der Waals surface area contributed by atoms with Crippen LogP contribution < -0.4 is 9.64 Å². The van der Waals surface area contributed by atoms with Crippen LogP contribution in [0, 0.1) is 0 Å². The number of hydrogen-bond donors (Lipinski definition) is 0. The van der Waals surface area contributed by atoms with Crippen LogP contribution in [0.25, 0.3) is 0 Å². The first-order valence-electron chi connectivity index (χ1n) is 6.95. The maximum absolute atomic E-state index is 12.5. The molecule has 5 nitrogen and oxygen atoms in total. The standard InChI is InChI=1S/C15H18N2O3/c1-20-12-6-4-11(5-7-12)17-14(18)10-13(15(17)19)16-8-2-3-9-16/h4-7,13H,2-3,8-10H2,1H3/t13-/m1/s1. The van der Waals surface area contributed by atoms with Gasteiger partial charge in [0.05, 0.1) is 25.3 Å². The van der Waals surface area contributed by atoms with Crippen molar-refractivity contribution in [2.75, 3.05) is 25.1 Å². The lowest BCUT2D eigenvalue weighted by Gasteiger charge is -2.21. The molecule has 3 rings (SSSR count). The molecule has 2 aliphatic rings. The Morgan fingerprint density at radius 2 is 1.75 bits per heavy atom. The third-order valence-corrected chi connectivity index (χ3v) is 4.03. The Kier molecular flexibility index (Phi) is 3.44. The van der Waals surface area contributed by atoms with E-state index in [9.17, 15) is 9.59 Å². The number of carbonyl (C=O) groups excluding carboxylic acids is 2. The van der Waals surface area contributed by atoms with Crippen LogP contribution in [-0.2, 0) is 9.59 Å². The second-order valence-electron chi connectivity index (χ2n) is 5.23. The highest BCUT2D eigenvalue weighted by molar-refractivity contribution is 6.22. The van der Waals surface area contributed by atoms with E-state index in [-0.39, 0.29) is 17.9 Å². The van der Waals surface area contributed by atoms with Gasteiger partial charge in [-0.25, -0.2) is 4.90 Å². The Balaban J connectivity index is 1.82. The van der Waals surface area contributed by atoms with Gasteiger partial charge >= 0.3 is 0 Å². The minimum atomic E-state index is -0.271. The van der Waals surface area contributed by atoms with Gasteiger partial charge in [-0.1, -0.05) is 0 Å². The zero-order valence-electron chi connectivity index (χ0n) is 11.5. The van der Waals surface area contributed by atoms with Crippen molar-refractivity contribution in [1.82, 2.24) is 4.90 Å². The molecule has 1 atom stereocenters. The third-order valence-electron chi connectivity index (χ3n) is 4.03. The molecule has 5 heteroatoms. The van der Waals surface area contributed by atoms with Gasteiger partial charge in [0.2, 0.25) is 5.91 Å². The molecule has 0 spiro atoms. The lowest BCUT2D eigenvalue weighted by Crippen LogP contribution is -2.40. The van der Waals surface area contributed by atoms with Gasteiger partial charge in [-0.05, 0) is 50.2 Å². The molecule has 2 fully saturated rings. The number of nitrogens with zero attached hydrogens (tertiary/aromatic N) is 2.